The molecule has 3 aromatic carbocycles. The van der Waals surface area contributed by atoms with Gasteiger partial charge < -0.3 is 9.84 Å². The number of aromatic nitrogens is 1. The van der Waals surface area contributed by atoms with Gasteiger partial charge in [-0.2, -0.15) is 0 Å². The van der Waals surface area contributed by atoms with Crippen molar-refractivity contribution in [1.82, 2.24) is 10.1 Å². The van der Waals surface area contributed by atoms with Gasteiger partial charge in [-0.3, -0.25) is 9.69 Å². The Balaban J connectivity index is 1.45. The first-order valence-corrected chi connectivity index (χ1v) is 11.8. The Kier molecular flexibility index (Phi) is 6.22. The standard InChI is InChI=1S/C28H26ClN3O2/c1-18-26(27(31-34-18)22-12-6-7-13-23(22)29)28(33)30-24-14-8-4-10-20(24)17-25-21-11-5-3-9-19(21)15-16-32(25)2/h3-14,25H,15-17H2,1-2H3,(H,30,33)/t25-/m0/s1. The molecule has 0 spiro atoms. The van der Waals surface area contributed by atoms with Gasteiger partial charge in [-0.1, -0.05) is 77.4 Å². The van der Waals surface area contributed by atoms with Crippen LogP contribution in [0.15, 0.2) is 77.3 Å². The summed E-state index contributed by atoms with van der Waals surface area (Å²) in [5.74, 6) is 0.185. The van der Waals surface area contributed by atoms with E-state index in [2.05, 4.69) is 52.8 Å². The minimum absolute atomic E-state index is 0.249. The number of para-hydroxylation sites is 1. The predicted octanol–water partition coefficient (Wildman–Crippen LogP) is 6.33. The van der Waals surface area contributed by atoms with Gasteiger partial charge in [0.1, 0.15) is 17.0 Å². The van der Waals surface area contributed by atoms with Crippen molar-refractivity contribution in [3.05, 3.63) is 106 Å². The van der Waals surface area contributed by atoms with Crippen LogP contribution in [0.1, 0.15) is 38.9 Å². The summed E-state index contributed by atoms with van der Waals surface area (Å²) in [4.78, 5) is 15.8. The Morgan fingerprint density at radius 2 is 1.82 bits per heavy atom. The maximum absolute atomic E-state index is 13.4. The molecule has 172 valence electrons. The predicted molar refractivity (Wildman–Crippen MR) is 135 cm³/mol. The number of nitrogens with zero attached hydrogens (tertiary/aromatic N) is 2. The van der Waals surface area contributed by atoms with Gasteiger partial charge in [0.2, 0.25) is 0 Å². The molecule has 0 saturated heterocycles. The van der Waals surface area contributed by atoms with Crippen LogP contribution in [0.4, 0.5) is 5.69 Å². The minimum Gasteiger partial charge on any atom is -0.360 e. The van der Waals surface area contributed by atoms with E-state index in [0.717, 1.165) is 30.6 Å². The van der Waals surface area contributed by atoms with E-state index in [-0.39, 0.29) is 11.9 Å². The first-order valence-electron chi connectivity index (χ1n) is 11.4. The number of halogens is 1. The average Bonchev–Trinajstić information content (AvgIpc) is 3.23. The Hall–Kier alpha value is -3.41. The molecule has 0 saturated carbocycles. The van der Waals surface area contributed by atoms with Crippen molar-refractivity contribution in [3.63, 3.8) is 0 Å². The van der Waals surface area contributed by atoms with Crippen LogP contribution in [-0.4, -0.2) is 29.6 Å². The fraction of sp³-hybridized carbons (Fsp3) is 0.214. The average molecular weight is 472 g/mol. The lowest BCUT2D eigenvalue weighted by atomic mass is 9.88. The molecule has 0 aliphatic carbocycles. The lowest BCUT2D eigenvalue weighted by Gasteiger charge is -2.35. The second kappa shape index (κ2) is 9.45. The Morgan fingerprint density at radius 3 is 2.68 bits per heavy atom. The molecular formula is C28H26ClN3O2. The molecule has 0 fully saturated rings. The smallest absolute Gasteiger partial charge is 0.261 e. The van der Waals surface area contributed by atoms with E-state index in [1.54, 1.807) is 13.0 Å². The van der Waals surface area contributed by atoms with Crippen LogP contribution in [0.2, 0.25) is 5.02 Å². The number of amides is 1. The number of rotatable bonds is 5. The Morgan fingerprint density at radius 1 is 1.09 bits per heavy atom. The van der Waals surface area contributed by atoms with Crippen LogP contribution >= 0.6 is 11.6 Å². The maximum Gasteiger partial charge on any atom is 0.261 e. The zero-order valence-corrected chi connectivity index (χ0v) is 20.0. The summed E-state index contributed by atoms with van der Waals surface area (Å²) < 4.78 is 5.39. The van der Waals surface area contributed by atoms with E-state index in [9.17, 15) is 4.79 Å². The van der Waals surface area contributed by atoms with Gasteiger partial charge in [0.25, 0.3) is 5.91 Å². The summed E-state index contributed by atoms with van der Waals surface area (Å²) in [6.45, 7) is 2.75. The molecule has 0 unspecified atom stereocenters. The molecular weight excluding hydrogens is 446 g/mol. The molecule has 6 heteroatoms. The lowest BCUT2D eigenvalue weighted by Crippen LogP contribution is -2.33. The fourth-order valence-electron chi connectivity index (χ4n) is 4.73. The second-order valence-corrected chi connectivity index (χ2v) is 9.11. The van der Waals surface area contributed by atoms with Crippen LogP contribution in [0.5, 0.6) is 0 Å². The summed E-state index contributed by atoms with van der Waals surface area (Å²) in [5.41, 5.74) is 6.12. The molecule has 4 aromatic rings. The normalized spacial score (nSPS) is 15.7. The van der Waals surface area contributed by atoms with E-state index in [1.807, 2.05) is 36.4 Å². The quantitative estimate of drug-likeness (QED) is 0.369. The third kappa shape index (κ3) is 4.25. The van der Waals surface area contributed by atoms with E-state index in [0.29, 0.717) is 27.6 Å². The molecule has 1 aliphatic heterocycles. The topological polar surface area (TPSA) is 58.4 Å². The summed E-state index contributed by atoms with van der Waals surface area (Å²) in [5, 5.41) is 7.76. The zero-order chi connectivity index (χ0) is 23.7. The van der Waals surface area contributed by atoms with E-state index < -0.39 is 0 Å². The monoisotopic (exact) mass is 471 g/mol. The first kappa shape index (κ1) is 22.4. The van der Waals surface area contributed by atoms with Gasteiger partial charge >= 0.3 is 0 Å². The van der Waals surface area contributed by atoms with Gasteiger partial charge in [0.05, 0.1) is 5.02 Å². The number of fused-ring (bicyclic) bond motifs is 1. The van der Waals surface area contributed by atoms with Crippen LogP contribution in [0, 0.1) is 6.92 Å². The number of aryl methyl sites for hydroxylation is 1. The van der Waals surface area contributed by atoms with Crippen molar-refractivity contribution in [1.29, 1.82) is 0 Å². The van der Waals surface area contributed by atoms with Crippen molar-refractivity contribution < 1.29 is 9.32 Å². The summed E-state index contributed by atoms with van der Waals surface area (Å²) >= 11 is 6.38. The third-order valence-electron chi connectivity index (χ3n) is 6.58. The largest absolute Gasteiger partial charge is 0.360 e. The van der Waals surface area contributed by atoms with Gasteiger partial charge in [0.15, 0.2) is 0 Å². The number of carbonyl (C=O) groups excluding carboxylic acids is 1. The van der Waals surface area contributed by atoms with Gasteiger partial charge in [0, 0.05) is 23.8 Å². The Labute approximate surface area is 204 Å². The third-order valence-corrected chi connectivity index (χ3v) is 6.91. The van der Waals surface area contributed by atoms with E-state index in [1.165, 1.54) is 11.1 Å². The van der Waals surface area contributed by atoms with Gasteiger partial charge in [-0.25, -0.2) is 0 Å². The molecule has 1 N–H and O–H groups in total. The van der Waals surface area contributed by atoms with Gasteiger partial charge in [-0.05, 0) is 55.6 Å². The summed E-state index contributed by atoms with van der Waals surface area (Å²) in [6.07, 6.45) is 1.85. The molecule has 0 bridgehead atoms. The SMILES string of the molecule is Cc1onc(-c2ccccc2Cl)c1C(=O)Nc1ccccc1C[C@H]1c2ccccc2CCN1C. The number of hydrogen-bond acceptors (Lipinski definition) is 4. The van der Waals surface area contributed by atoms with Crippen molar-refractivity contribution >= 4 is 23.2 Å². The Bertz CT molecular complexity index is 1350. The highest BCUT2D eigenvalue weighted by molar-refractivity contribution is 6.33. The number of nitrogens with one attached hydrogen (secondary N) is 1. The molecule has 2 heterocycles. The highest BCUT2D eigenvalue weighted by atomic mass is 35.5. The summed E-state index contributed by atoms with van der Waals surface area (Å²) in [7, 11) is 2.16. The maximum atomic E-state index is 13.4. The highest BCUT2D eigenvalue weighted by Crippen LogP contribution is 2.34. The minimum atomic E-state index is -0.265. The lowest BCUT2D eigenvalue weighted by molar-refractivity contribution is 0.102. The number of likely N-dealkylation sites (N-methyl/N-ethyl adjacent to an activating group) is 1. The number of benzene rings is 3. The molecule has 34 heavy (non-hydrogen) atoms. The highest BCUT2D eigenvalue weighted by Gasteiger charge is 2.27. The molecule has 5 nitrogen and oxygen atoms in total. The number of anilines is 1. The van der Waals surface area contributed by atoms with Crippen LogP contribution in [0.25, 0.3) is 11.3 Å². The van der Waals surface area contributed by atoms with Crippen molar-refractivity contribution in [2.75, 3.05) is 18.9 Å². The van der Waals surface area contributed by atoms with Crippen LogP contribution in [-0.2, 0) is 12.8 Å². The molecule has 1 amide bonds. The van der Waals surface area contributed by atoms with E-state index in [4.69, 9.17) is 16.1 Å². The van der Waals surface area contributed by atoms with E-state index >= 15 is 0 Å². The molecule has 1 atom stereocenters. The fourth-order valence-corrected chi connectivity index (χ4v) is 4.96. The van der Waals surface area contributed by atoms with Crippen molar-refractivity contribution in [2.45, 2.75) is 25.8 Å². The number of hydrogen-bond donors (Lipinski definition) is 1. The molecule has 0 radical (unpaired) electrons. The van der Waals surface area contributed by atoms with Crippen LogP contribution < -0.4 is 5.32 Å². The van der Waals surface area contributed by atoms with Crippen molar-refractivity contribution in [2.24, 2.45) is 0 Å². The van der Waals surface area contributed by atoms with Crippen LogP contribution in [0.3, 0.4) is 0 Å². The molecule has 5 rings (SSSR count). The zero-order valence-electron chi connectivity index (χ0n) is 19.2. The first-order chi connectivity index (χ1) is 16.5. The number of carbonyl (C=O) groups is 1. The molecule has 1 aromatic heterocycles. The van der Waals surface area contributed by atoms with Gasteiger partial charge in [-0.15, -0.1) is 0 Å². The second-order valence-electron chi connectivity index (χ2n) is 8.70. The van der Waals surface area contributed by atoms with Crippen molar-refractivity contribution in [3.8, 4) is 11.3 Å². The molecule has 1 aliphatic rings. The summed E-state index contributed by atoms with van der Waals surface area (Å²) in [6, 6.07) is 24.2.